The molecule has 20 heavy (non-hydrogen) atoms. The number of imide groups is 1. The lowest BCUT2D eigenvalue weighted by atomic mass is 10.1. The monoisotopic (exact) mass is 277 g/mol. The molecule has 3 rings (SSSR count). The van der Waals surface area contributed by atoms with Gasteiger partial charge in [-0.15, -0.1) is 0 Å². The fraction of sp³-hybridized carbons (Fsp3) is 0.615. The Labute approximate surface area is 117 Å². The Morgan fingerprint density at radius 1 is 1.40 bits per heavy atom. The van der Waals surface area contributed by atoms with Crippen molar-refractivity contribution in [3.05, 3.63) is 18.0 Å². The number of amides is 3. The van der Waals surface area contributed by atoms with E-state index in [1.165, 1.54) is 10.5 Å². The van der Waals surface area contributed by atoms with Crippen LogP contribution in [0.4, 0.5) is 4.79 Å². The zero-order chi connectivity index (χ0) is 14.1. The summed E-state index contributed by atoms with van der Waals surface area (Å²) in [4.78, 5) is 26.7. The first-order valence-corrected chi connectivity index (χ1v) is 6.96. The molecule has 7 heteroatoms. The van der Waals surface area contributed by atoms with Crippen molar-refractivity contribution in [3.63, 3.8) is 0 Å². The number of aromatic nitrogens is 2. The first kappa shape index (κ1) is 13.1. The van der Waals surface area contributed by atoms with Gasteiger partial charge in [0.05, 0.1) is 12.7 Å². The van der Waals surface area contributed by atoms with Gasteiger partial charge in [0.15, 0.2) is 0 Å². The highest BCUT2D eigenvalue weighted by molar-refractivity contribution is 6.01. The van der Waals surface area contributed by atoms with Crippen LogP contribution in [0.15, 0.2) is 12.4 Å². The van der Waals surface area contributed by atoms with E-state index in [1.54, 1.807) is 0 Å². The Hall–Kier alpha value is -1.89. The van der Waals surface area contributed by atoms with E-state index in [-0.39, 0.29) is 18.5 Å². The summed E-state index contributed by atoms with van der Waals surface area (Å²) in [6, 6.07) is 0.0802. The third kappa shape index (κ3) is 2.40. The Morgan fingerprint density at radius 3 is 2.90 bits per heavy atom. The standard InChI is InChI=1S/C13H19N5O2/c1-16-9-10(7-15-16)11-3-2-4-17(11)5-6-18-12(19)8-14-13(18)20/h7,9,11H,2-6,8H2,1H3,(H,14,20)/t11-/m0/s1. The minimum absolute atomic E-state index is 0.130. The van der Waals surface area contributed by atoms with Crippen molar-refractivity contribution >= 4 is 11.9 Å². The average Bonchev–Trinajstić information content (AvgIpc) is 3.10. The van der Waals surface area contributed by atoms with Gasteiger partial charge in [0.1, 0.15) is 0 Å². The fourth-order valence-electron chi connectivity index (χ4n) is 2.99. The van der Waals surface area contributed by atoms with Crippen LogP contribution in [0.5, 0.6) is 0 Å². The second-order valence-corrected chi connectivity index (χ2v) is 5.35. The number of hydrogen-bond acceptors (Lipinski definition) is 4. The maximum atomic E-state index is 11.6. The molecule has 0 radical (unpaired) electrons. The lowest BCUT2D eigenvalue weighted by Crippen LogP contribution is -2.38. The summed E-state index contributed by atoms with van der Waals surface area (Å²) in [5, 5.41) is 6.77. The van der Waals surface area contributed by atoms with Crippen LogP contribution < -0.4 is 5.32 Å². The maximum Gasteiger partial charge on any atom is 0.324 e. The van der Waals surface area contributed by atoms with Gasteiger partial charge >= 0.3 is 6.03 Å². The Morgan fingerprint density at radius 2 is 2.25 bits per heavy atom. The molecule has 0 saturated carbocycles. The number of urea groups is 1. The van der Waals surface area contributed by atoms with E-state index in [2.05, 4.69) is 15.3 Å². The second kappa shape index (κ2) is 5.24. The molecule has 0 aromatic carbocycles. The van der Waals surface area contributed by atoms with Gasteiger partial charge < -0.3 is 5.32 Å². The topological polar surface area (TPSA) is 70.5 Å². The van der Waals surface area contributed by atoms with Gasteiger partial charge in [0, 0.05) is 37.9 Å². The van der Waals surface area contributed by atoms with Crippen molar-refractivity contribution in [3.8, 4) is 0 Å². The predicted octanol–water partition coefficient (Wildman–Crippen LogP) is 0.109. The second-order valence-electron chi connectivity index (χ2n) is 5.35. The molecule has 0 aliphatic carbocycles. The highest BCUT2D eigenvalue weighted by atomic mass is 16.2. The number of nitrogens with zero attached hydrogens (tertiary/aromatic N) is 4. The van der Waals surface area contributed by atoms with E-state index in [0.29, 0.717) is 12.6 Å². The van der Waals surface area contributed by atoms with Crippen LogP contribution in [-0.2, 0) is 11.8 Å². The van der Waals surface area contributed by atoms with Crippen LogP contribution in [0.25, 0.3) is 0 Å². The zero-order valence-electron chi connectivity index (χ0n) is 11.6. The molecular formula is C13H19N5O2. The molecule has 1 aromatic heterocycles. The summed E-state index contributed by atoms with van der Waals surface area (Å²) in [7, 11) is 1.91. The van der Waals surface area contributed by atoms with Crippen LogP contribution in [-0.4, -0.2) is 57.7 Å². The van der Waals surface area contributed by atoms with E-state index < -0.39 is 0 Å². The predicted molar refractivity (Wildman–Crippen MR) is 71.9 cm³/mol. The normalized spacial score (nSPS) is 23.6. The molecule has 2 aliphatic rings. The molecule has 1 atom stereocenters. The van der Waals surface area contributed by atoms with Gasteiger partial charge in [0.25, 0.3) is 0 Å². The molecular weight excluding hydrogens is 258 g/mol. The van der Waals surface area contributed by atoms with Crippen LogP contribution >= 0.6 is 0 Å². The Bertz CT molecular complexity index is 511. The molecule has 2 fully saturated rings. The van der Waals surface area contributed by atoms with E-state index >= 15 is 0 Å². The molecule has 1 N–H and O–H groups in total. The summed E-state index contributed by atoms with van der Waals surface area (Å²) >= 11 is 0. The minimum Gasteiger partial charge on any atom is -0.329 e. The number of likely N-dealkylation sites (tertiary alicyclic amines) is 1. The third-order valence-corrected chi connectivity index (χ3v) is 4.02. The Balaban J connectivity index is 1.62. The van der Waals surface area contributed by atoms with Gasteiger partial charge in [-0.05, 0) is 19.4 Å². The van der Waals surface area contributed by atoms with E-state index in [4.69, 9.17) is 0 Å². The smallest absolute Gasteiger partial charge is 0.324 e. The third-order valence-electron chi connectivity index (χ3n) is 4.02. The summed E-state index contributed by atoms with van der Waals surface area (Å²) in [6.45, 7) is 2.31. The highest BCUT2D eigenvalue weighted by Crippen LogP contribution is 2.31. The molecule has 0 bridgehead atoms. The van der Waals surface area contributed by atoms with Crippen molar-refractivity contribution in [2.24, 2.45) is 7.05 Å². The number of rotatable bonds is 4. The van der Waals surface area contributed by atoms with Crippen molar-refractivity contribution in [1.82, 2.24) is 24.9 Å². The van der Waals surface area contributed by atoms with Gasteiger partial charge in [-0.2, -0.15) is 5.10 Å². The first-order chi connectivity index (χ1) is 9.65. The average molecular weight is 277 g/mol. The van der Waals surface area contributed by atoms with Crippen LogP contribution in [0.3, 0.4) is 0 Å². The number of hydrogen-bond donors (Lipinski definition) is 1. The maximum absolute atomic E-state index is 11.6. The van der Waals surface area contributed by atoms with E-state index in [0.717, 1.165) is 25.9 Å². The van der Waals surface area contributed by atoms with Crippen LogP contribution in [0.2, 0.25) is 0 Å². The van der Waals surface area contributed by atoms with Gasteiger partial charge in [0.2, 0.25) is 5.91 Å². The van der Waals surface area contributed by atoms with E-state index in [1.807, 2.05) is 24.1 Å². The number of nitrogens with one attached hydrogen (secondary N) is 1. The molecule has 0 spiro atoms. The largest absolute Gasteiger partial charge is 0.329 e. The Kier molecular flexibility index (Phi) is 3.43. The van der Waals surface area contributed by atoms with Crippen LogP contribution in [0.1, 0.15) is 24.4 Å². The van der Waals surface area contributed by atoms with Crippen molar-refractivity contribution in [2.45, 2.75) is 18.9 Å². The summed E-state index contributed by atoms with van der Waals surface area (Å²) in [5.41, 5.74) is 1.21. The SMILES string of the molecule is Cn1cc([C@@H]2CCCN2CCN2C(=O)CNC2=O)cn1. The lowest BCUT2D eigenvalue weighted by molar-refractivity contribution is -0.125. The van der Waals surface area contributed by atoms with Crippen LogP contribution in [0, 0.1) is 0 Å². The molecule has 2 saturated heterocycles. The summed E-state index contributed by atoms with van der Waals surface area (Å²) in [6.07, 6.45) is 6.18. The number of carbonyl (C=O) groups excluding carboxylic acids is 2. The number of carbonyl (C=O) groups is 2. The molecule has 0 unspecified atom stereocenters. The van der Waals surface area contributed by atoms with Crippen molar-refractivity contribution < 1.29 is 9.59 Å². The fourth-order valence-corrected chi connectivity index (χ4v) is 2.99. The van der Waals surface area contributed by atoms with Gasteiger partial charge in [-0.3, -0.25) is 19.3 Å². The van der Waals surface area contributed by atoms with Gasteiger partial charge in [-0.25, -0.2) is 4.79 Å². The minimum atomic E-state index is -0.271. The molecule has 2 aliphatic heterocycles. The molecule has 108 valence electrons. The first-order valence-electron chi connectivity index (χ1n) is 6.96. The quantitative estimate of drug-likeness (QED) is 0.793. The zero-order valence-corrected chi connectivity index (χ0v) is 11.6. The molecule has 7 nitrogen and oxygen atoms in total. The summed E-state index contributed by atoms with van der Waals surface area (Å²) < 4.78 is 1.81. The lowest BCUT2D eigenvalue weighted by Gasteiger charge is -2.25. The summed E-state index contributed by atoms with van der Waals surface area (Å²) in [5.74, 6) is -0.132. The van der Waals surface area contributed by atoms with Crippen molar-refractivity contribution in [1.29, 1.82) is 0 Å². The van der Waals surface area contributed by atoms with Crippen molar-refractivity contribution in [2.75, 3.05) is 26.2 Å². The van der Waals surface area contributed by atoms with E-state index in [9.17, 15) is 9.59 Å². The molecule has 3 amide bonds. The number of aryl methyl sites for hydroxylation is 1. The van der Waals surface area contributed by atoms with Gasteiger partial charge in [-0.1, -0.05) is 0 Å². The molecule has 3 heterocycles. The highest BCUT2D eigenvalue weighted by Gasteiger charge is 2.31. The molecule has 1 aromatic rings.